The van der Waals surface area contributed by atoms with E-state index in [4.69, 9.17) is 4.74 Å². The third-order valence-electron chi connectivity index (χ3n) is 1.95. The van der Waals surface area contributed by atoms with Gasteiger partial charge in [0.15, 0.2) is 0 Å². The number of nitrogens with zero attached hydrogens (tertiary/aromatic N) is 1. The summed E-state index contributed by atoms with van der Waals surface area (Å²) in [5.41, 5.74) is 0. The van der Waals surface area contributed by atoms with E-state index in [1.807, 2.05) is 0 Å². The number of sulfonamides is 1. The van der Waals surface area contributed by atoms with Gasteiger partial charge in [-0.25, -0.2) is 17.5 Å². The van der Waals surface area contributed by atoms with E-state index >= 15 is 0 Å². The molecule has 0 aliphatic heterocycles. The Bertz CT molecular complexity index is 450. The van der Waals surface area contributed by atoms with Crippen LogP contribution in [0.3, 0.4) is 0 Å². The molecule has 1 aromatic rings. The number of hydrogen-bond donors (Lipinski definition) is 1. The SMILES string of the molecule is COC(C)CNS(=O)(=O)c1cncc(F)c1. The molecule has 0 amide bonds. The van der Waals surface area contributed by atoms with Crippen molar-refractivity contribution in [2.45, 2.75) is 17.9 Å². The summed E-state index contributed by atoms with van der Waals surface area (Å²) in [6.07, 6.45) is 1.77. The molecule has 1 heterocycles. The highest BCUT2D eigenvalue weighted by atomic mass is 32.2. The van der Waals surface area contributed by atoms with Crippen LogP contribution >= 0.6 is 0 Å². The second-order valence-electron chi connectivity index (χ2n) is 3.24. The molecule has 0 aliphatic rings. The molecule has 0 saturated heterocycles. The molecule has 0 aromatic carbocycles. The number of aromatic nitrogens is 1. The van der Waals surface area contributed by atoms with Crippen LogP contribution in [0.25, 0.3) is 0 Å². The van der Waals surface area contributed by atoms with Gasteiger partial charge in [0.2, 0.25) is 10.0 Å². The largest absolute Gasteiger partial charge is 0.380 e. The second-order valence-corrected chi connectivity index (χ2v) is 5.00. The maximum Gasteiger partial charge on any atom is 0.242 e. The van der Waals surface area contributed by atoms with Crippen LogP contribution in [0.4, 0.5) is 4.39 Å². The van der Waals surface area contributed by atoms with Crippen LogP contribution in [0, 0.1) is 5.82 Å². The second kappa shape index (κ2) is 5.33. The van der Waals surface area contributed by atoms with Crippen molar-refractivity contribution < 1.29 is 17.5 Å². The van der Waals surface area contributed by atoms with E-state index in [-0.39, 0.29) is 17.5 Å². The first kappa shape index (κ1) is 13.0. The van der Waals surface area contributed by atoms with Crippen molar-refractivity contribution in [1.82, 2.24) is 9.71 Å². The zero-order chi connectivity index (χ0) is 12.2. The Labute approximate surface area is 93.7 Å². The van der Waals surface area contributed by atoms with E-state index in [0.29, 0.717) is 0 Å². The van der Waals surface area contributed by atoms with Crippen LogP contribution in [0.2, 0.25) is 0 Å². The van der Waals surface area contributed by atoms with Gasteiger partial charge < -0.3 is 4.74 Å². The van der Waals surface area contributed by atoms with Gasteiger partial charge in [0.05, 0.1) is 12.3 Å². The molecule has 0 spiro atoms. The number of nitrogens with one attached hydrogen (secondary N) is 1. The zero-order valence-electron chi connectivity index (χ0n) is 8.97. The van der Waals surface area contributed by atoms with Crippen molar-refractivity contribution in [2.24, 2.45) is 0 Å². The van der Waals surface area contributed by atoms with Crippen LogP contribution in [0.15, 0.2) is 23.4 Å². The average molecular weight is 248 g/mol. The van der Waals surface area contributed by atoms with Crippen LogP contribution in [0.5, 0.6) is 0 Å². The van der Waals surface area contributed by atoms with Gasteiger partial charge in [0.25, 0.3) is 0 Å². The van der Waals surface area contributed by atoms with Gasteiger partial charge in [0.1, 0.15) is 10.7 Å². The minimum Gasteiger partial charge on any atom is -0.380 e. The number of rotatable bonds is 5. The smallest absolute Gasteiger partial charge is 0.242 e. The Kier molecular flexibility index (Phi) is 4.34. The molecule has 1 N–H and O–H groups in total. The monoisotopic (exact) mass is 248 g/mol. The van der Waals surface area contributed by atoms with E-state index in [1.54, 1.807) is 6.92 Å². The molecular weight excluding hydrogens is 235 g/mol. The van der Waals surface area contributed by atoms with Crippen molar-refractivity contribution in [2.75, 3.05) is 13.7 Å². The Morgan fingerprint density at radius 1 is 1.56 bits per heavy atom. The molecular formula is C9H13FN2O3S. The Morgan fingerprint density at radius 3 is 2.81 bits per heavy atom. The van der Waals surface area contributed by atoms with Crippen LogP contribution < -0.4 is 4.72 Å². The Morgan fingerprint density at radius 2 is 2.25 bits per heavy atom. The molecule has 1 rings (SSSR count). The third-order valence-corrected chi connectivity index (χ3v) is 3.34. The fourth-order valence-electron chi connectivity index (χ4n) is 0.933. The van der Waals surface area contributed by atoms with Gasteiger partial charge in [-0.1, -0.05) is 0 Å². The lowest BCUT2D eigenvalue weighted by Crippen LogP contribution is -2.31. The predicted molar refractivity (Wildman–Crippen MR) is 55.9 cm³/mol. The summed E-state index contributed by atoms with van der Waals surface area (Å²) in [6, 6.07) is 0.910. The first-order valence-electron chi connectivity index (χ1n) is 4.58. The zero-order valence-corrected chi connectivity index (χ0v) is 9.79. The molecule has 0 saturated carbocycles. The van der Waals surface area contributed by atoms with E-state index < -0.39 is 15.8 Å². The summed E-state index contributed by atoms with van der Waals surface area (Å²) in [6.45, 7) is 1.84. The van der Waals surface area contributed by atoms with E-state index in [0.717, 1.165) is 18.5 Å². The van der Waals surface area contributed by atoms with E-state index in [9.17, 15) is 12.8 Å². The molecule has 0 radical (unpaired) electrons. The fraction of sp³-hybridized carbons (Fsp3) is 0.444. The molecule has 0 fully saturated rings. The average Bonchev–Trinajstić information content (AvgIpc) is 2.26. The molecule has 5 nitrogen and oxygen atoms in total. The predicted octanol–water partition coefficient (Wildman–Crippen LogP) is 0.534. The molecule has 16 heavy (non-hydrogen) atoms. The minimum atomic E-state index is -3.72. The van der Waals surface area contributed by atoms with Gasteiger partial charge in [-0.15, -0.1) is 0 Å². The first-order chi connectivity index (χ1) is 7.45. The molecule has 90 valence electrons. The summed E-state index contributed by atoms with van der Waals surface area (Å²) in [4.78, 5) is 3.27. The molecule has 0 bridgehead atoms. The number of ether oxygens (including phenoxy) is 1. The van der Waals surface area contributed by atoms with Crippen molar-refractivity contribution in [3.63, 3.8) is 0 Å². The van der Waals surface area contributed by atoms with Crippen molar-refractivity contribution in [3.05, 3.63) is 24.3 Å². The van der Waals surface area contributed by atoms with Crippen molar-refractivity contribution in [3.8, 4) is 0 Å². The highest BCUT2D eigenvalue weighted by Gasteiger charge is 2.15. The van der Waals surface area contributed by atoms with Crippen molar-refractivity contribution in [1.29, 1.82) is 0 Å². The Balaban J connectivity index is 2.78. The first-order valence-corrected chi connectivity index (χ1v) is 6.07. The Hall–Kier alpha value is -1.05. The highest BCUT2D eigenvalue weighted by molar-refractivity contribution is 7.89. The van der Waals surface area contributed by atoms with Gasteiger partial charge in [-0.2, -0.15) is 0 Å². The quantitative estimate of drug-likeness (QED) is 0.825. The van der Waals surface area contributed by atoms with Gasteiger partial charge in [-0.3, -0.25) is 4.98 Å². The summed E-state index contributed by atoms with van der Waals surface area (Å²) in [5.74, 6) is -0.692. The van der Waals surface area contributed by atoms with Crippen LogP contribution in [0.1, 0.15) is 6.92 Å². The van der Waals surface area contributed by atoms with Crippen LogP contribution in [-0.4, -0.2) is 33.2 Å². The molecule has 1 unspecified atom stereocenters. The number of halogens is 1. The number of methoxy groups -OCH3 is 1. The third kappa shape index (κ3) is 3.51. The van der Waals surface area contributed by atoms with E-state index in [1.165, 1.54) is 7.11 Å². The maximum absolute atomic E-state index is 12.8. The summed E-state index contributed by atoms with van der Waals surface area (Å²) in [5, 5.41) is 0. The summed E-state index contributed by atoms with van der Waals surface area (Å²) < 4.78 is 43.2. The fourth-order valence-corrected chi connectivity index (χ4v) is 2.02. The highest BCUT2D eigenvalue weighted by Crippen LogP contribution is 2.08. The topological polar surface area (TPSA) is 68.3 Å². The van der Waals surface area contributed by atoms with E-state index in [2.05, 4.69) is 9.71 Å². The molecule has 1 aromatic heterocycles. The van der Waals surface area contributed by atoms with Gasteiger partial charge in [-0.05, 0) is 13.0 Å². The lowest BCUT2D eigenvalue weighted by Gasteiger charge is -2.10. The number of pyridine rings is 1. The lowest BCUT2D eigenvalue weighted by molar-refractivity contribution is 0.122. The summed E-state index contributed by atoms with van der Waals surface area (Å²) >= 11 is 0. The van der Waals surface area contributed by atoms with Crippen LogP contribution in [-0.2, 0) is 14.8 Å². The molecule has 1 atom stereocenters. The number of hydrogen-bond acceptors (Lipinski definition) is 4. The summed E-state index contributed by atoms with van der Waals surface area (Å²) in [7, 11) is -2.25. The standard InChI is InChI=1S/C9H13FN2O3S/c1-7(15-2)4-12-16(13,14)9-3-8(10)5-11-6-9/h3,5-7,12H,4H2,1-2H3. The molecule has 7 heteroatoms. The minimum absolute atomic E-state index is 0.120. The molecule has 0 aliphatic carbocycles. The van der Waals surface area contributed by atoms with Crippen molar-refractivity contribution >= 4 is 10.0 Å². The van der Waals surface area contributed by atoms with Gasteiger partial charge in [0, 0.05) is 19.9 Å². The lowest BCUT2D eigenvalue weighted by atomic mass is 10.4. The maximum atomic E-state index is 12.8. The van der Waals surface area contributed by atoms with Gasteiger partial charge >= 0.3 is 0 Å². The normalized spacial score (nSPS) is 13.7.